The van der Waals surface area contributed by atoms with Gasteiger partial charge in [-0.15, -0.1) is 0 Å². The standard InChI is InChI=1S/C18H19NO3/c20-17(15-9-5-2-6-10-15)11-12-19-16(18(21)22)13-14-7-3-1-4-8-14/h1-10,16,19H,11-13H2,(H,21,22)/t16-/m1/s1. The summed E-state index contributed by atoms with van der Waals surface area (Å²) in [6.45, 7) is 0.345. The lowest BCUT2D eigenvalue weighted by Crippen LogP contribution is -2.39. The number of aliphatic carboxylic acids is 1. The number of carbonyl (C=O) groups excluding carboxylic acids is 1. The average molecular weight is 297 g/mol. The third kappa shape index (κ3) is 4.82. The van der Waals surface area contributed by atoms with Crippen LogP contribution in [0.1, 0.15) is 22.3 Å². The number of carboxylic acids is 1. The molecule has 0 aliphatic heterocycles. The van der Waals surface area contributed by atoms with Gasteiger partial charge in [0.05, 0.1) is 0 Å². The van der Waals surface area contributed by atoms with E-state index in [1.165, 1.54) is 0 Å². The van der Waals surface area contributed by atoms with Crippen molar-refractivity contribution in [3.05, 3.63) is 71.8 Å². The first-order valence-corrected chi connectivity index (χ1v) is 7.25. The van der Waals surface area contributed by atoms with E-state index in [-0.39, 0.29) is 12.2 Å². The van der Waals surface area contributed by atoms with E-state index in [1.807, 2.05) is 48.5 Å². The summed E-state index contributed by atoms with van der Waals surface area (Å²) in [6, 6.07) is 17.8. The summed E-state index contributed by atoms with van der Waals surface area (Å²) in [5, 5.41) is 12.2. The van der Waals surface area contributed by atoms with Crippen LogP contribution >= 0.6 is 0 Å². The fourth-order valence-corrected chi connectivity index (χ4v) is 2.22. The van der Waals surface area contributed by atoms with Crippen LogP contribution in [-0.4, -0.2) is 29.4 Å². The molecule has 0 spiro atoms. The van der Waals surface area contributed by atoms with Crippen LogP contribution < -0.4 is 5.32 Å². The van der Waals surface area contributed by atoms with Crippen molar-refractivity contribution in [3.63, 3.8) is 0 Å². The van der Waals surface area contributed by atoms with Gasteiger partial charge in [0.25, 0.3) is 0 Å². The number of Topliss-reactive ketones (excluding diaryl/α,β-unsaturated/α-hetero) is 1. The molecule has 4 heteroatoms. The van der Waals surface area contributed by atoms with E-state index in [0.29, 0.717) is 18.5 Å². The third-order valence-electron chi connectivity index (χ3n) is 3.42. The van der Waals surface area contributed by atoms with Crippen molar-refractivity contribution < 1.29 is 14.7 Å². The number of rotatable bonds is 8. The first kappa shape index (κ1) is 15.9. The van der Waals surface area contributed by atoms with E-state index in [9.17, 15) is 14.7 Å². The normalized spacial score (nSPS) is 11.8. The minimum Gasteiger partial charge on any atom is -0.480 e. The largest absolute Gasteiger partial charge is 0.480 e. The van der Waals surface area contributed by atoms with Gasteiger partial charge in [-0.1, -0.05) is 60.7 Å². The van der Waals surface area contributed by atoms with Crippen LogP contribution in [0.3, 0.4) is 0 Å². The van der Waals surface area contributed by atoms with Crippen LogP contribution in [0.4, 0.5) is 0 Å². The predicted octanol–water partition coefficient (Wildman–Crippen LogP) is 2.54. The van der Waals surface area contributed by atoms with Gasteiger partial charge in [-0.05, 0) is 12.0 Å². The van der Waals surface area contributed by atoms with Gasteiger partial charge in [-0.3, -0.25) is 9.59 Å². The van der Waals surface area contributed by atoms with Crippen LogP contribution in [0.2, 0.25) is 0 Å². The lowest BCUT2D eigenvalue weighted by atomic mass is 10.1. The number of carboxylic acid groups (broad SMARTS) is 1. The monoisotopic (exact) mass is 297 g/mol. The predicted molar refractivity (Wildman–Crippen MR) is 85.0 cm³/mol. The van der Waals surface area contributed by atoms with Gasteiger partial charge in [0.1, 0.15) is 6.04 Å². The van der Waals surface area contributed by atoms with Gasteiger partial charge in [0.15, 0.2) is 5.78 Å². The van der Waals surface area contributed by atoms with Gasteiger partial charge in [-0.25, -0.2) is 0 Å². The fraction of sp³-hybridized carbons (Fsp3) is 0.222. The van der Waals surface area contributed by atoms with Crippen LogP contribution in [0, 0.1) is 0 Å². The van der Waals surface area contributed by atoms with Crippen molar-refractivity contribution >= 4 is 11.8 Å². The number of hydrogen-bond acceptors (Lipinski definition) is 3. The minimum atomic E-state index is -0.906. The number of nitrogens with one attached hydrogen (secondary N) is 1. The third-order valence-corrected chi connectivity index (χ3v) is 3.42. The zero-order valence-electron chi connectivity index (χ0n) is 12.2. The number of hydrogen-bond donors (Lipinski definition) is 2. The van der Waals surface area contributed by atoms with Gasteiger partial charge in [0, 0.05) is 18.5 Å². The van der Waals surface area contributed by atoms with Crippen molar-refractivity contribution in [2.75, 3.05) is 6.54 Å². The van der Waals surface area contributed by atoms with E-state index >= 15 is 0 Å². The topological polar surface area (TPSA) is 66.4 Å². The summed E-state index contributed by atoms with van der Waals surface area (Å²) in [6.07, 6.45) is 0.679. The molecule has 0 bridgehead atoms. The maximum atomic E-state index is 12.0. The van der Waals surface area contributed by atoms with E-state index in [4.69, 9.17) is 0 Å². The molecule has 0 unspecified atom stereocenters. The number of carbonyl (C=O) groups is 2. The molecule has 1 atom stereocenters. The Bertz CT molecular complexity index is 611. The first-order valence-electron chi connectivity index (χ1n) is 7.25. The van der Waals surface area contributed by atoms with Gasteiger partial charge >= 0.3 is 5.97 Å². The van der Waals surface area contributed by atoms with Crippen LogP contribution in [-0.2, 0) is 11.2 Å². The van der Waals surface area contributed by atoms with E-state index in [0.717, 1.165) is 5.56 Å². The highest BCUT2D eigenvalue weighted by Gasteiger charge is 2.17. The fourth-order valence-electron chi connectivity index (χ4n) is 2.22. The smallest absolute Gasteiger partial charge is 0.321 e. The zero-order chi connectivity index (χ0) is 15.8. The molecule has 0 saturated carbocycles. The van der Waals surface area contributed by atoms with Crippen molar-refractivity contribution in [2.24, 2.45) is 0 Å². The highest BCUT2D eigenvalue weighted by atomic mass is 16.4. The Hall–Kier alpha value is -2.46. The second-order valence-electron chi connectivity index (χ2n) is 5.07. The Morgan fingerprint density at radius 2 is 1.55 bits per heavy atom. The molecule has 0 aliphatic rings. The zero-order valence-corrected chi connectivity index (χ0v) is 12.2. The van der Waals surface area contributed by atoms with Gasteiger partial charge < -0.3 is 10.4 Å². The molecule has 2 N–H and O–H groups in total. The Morgan fingerprint density at radius 1 is 0.955 bits per heavy atom. The molecule has 2 aromatic carbocycles. The molecular weight excluding hydrogens is 278 g/mol. The molecule has 0 aromatic heterocycles. The quantitative estimate of drug-likeness (QED) is 0.735. The average Bonchev–Trinajstić information content (AvgIpc) is 2.55. The second kappa shape index (κ2) is 8.10. The maximum absolute atomic E-state index is 12.0. The van der Waals surface area contributed by atoms with Crippen LogP contribution in [0.5, 0.6) is 0 Å². The minimum absolute atomic E-state index is 0.0111. The summed E-state index contributed by atoms with van der Waals surface area (Å²) < 4.78 is 0. The molecule has 0 saturated heterocycles. The Morgan fingerprint density at radius 3 is 2.14 bits per heavy atom. The highest BCUT2D eigenvalue weighted by molar-refractivity contribution is 5.96. The molecule has 2 aromatic rings. The molecule has 22 heavy (non-hydrogen) atoms. The summed E-state index contributed by atoms with van der Waals surface area (Å²) in [7, 11) is 0. The van der Waals surface area contributed by atoms with Crippen LogP contribution in [0.25, 0.3) is 0 Å². The molecule has 2 rings (SSSR count). The summed E-state index contributed by atoms with van der Waals surface area (Å²) in [5.74, 6) is -0.895. The molecular formula is C18H19NO3. The molecule has 4 nitrogen and oxygen atoms in total. The number of benzene rings is 2. The Balaban J connectivity index is 1.85. The lowest BCUT2D eigenvalue weighted by Gasteiger charge is -2.14. The summed E-state index contributed by atoms with van der Waals surface area (Å²) in [5.41, 5.74) is 1.61. The van der Waals surface area contributed by atoms with E-state index < -0.39 is 12.0 Å². The van der Waals surface area contributed by atoms with Crippen molar-refractivity contribution in [1.29, 1.82) is 0 Å². The van der Waals surface area contributed by atoms with E-state index in [1.54, 1.807) is 12.1 Å². The highest BCUT2D eigenvalue weighted by Crippen LogP contribution is 2.05. The SMILES string of the molecule is O=C(CCN[C@H](Cc1ccccc1)C(=O)O)c1ccccc1. The van der Waals surface area contributed by atoms with Gasteiger partial charge in [0.2, 0.25) is 0 Å². The van der Waals surface area contributed by atoms with Gasteiger partial charge in [-0.2, -0.15) is 0 Å². The first-order chi connectivity index (χ1) is 10.7. The molecule has 0 heterocycles. The molecule has 0 radical (unpaired) electrons. The second-order valence-corrected chi connectivity index (χ2v) is 5.07. The maximum Gasteiger partial charge on any atom is 0.321 e. The molecule has 114 valence electrons. The summed E-state index contributed by atoms with van der Waals surface area (Å²) >= 11 is 0. The van der Waals surface area contributed by atoms with Crippen molar-refractivity contribution in [2.45, 2.75) is 18.9 Å². The van der Waals surface area contributed by atoms with Crippen molar-refractivity contribution in [3.8, 4) is 0 Å². The number of ketones is 1. The van der Waals surface area contributed by atoms with Crippen molar-refractivity contribution in [1.82, 2.24) is 5.32 Å². The van der Waals surface area contributed by atoms with Crippen LogP contribution in [0.15, 0.2) is 60.7 Å². The molecule has 0 fully saturated rings. The lowest BCUT2D eigenvalue weighted by molar-refractivity contribution is -0.139. The summed E-state index contributed by atoms with van der Waals surface area (Å²) in [4.78, 5) is 23.3. The Labute approximate surface area is 129 Å². The van der Waals surface area contributed by atoms with E-state index in [2.05, 4.69) is 5.32 Å². The molecule has 0 aliphatic carbocycles. The molecule has 0 amide bonds. The Kier molecular flexibility index (Phi) is 5.86.